The van der Waals surface area contributed by atoms with Crippen LogP contribution in [0.5, 0.6) is 0 Å². The lowest BCUT2D eigenvalue weighted by atomic mass is 10.4. The smallest absolute Gasteiger partial charge is 0.244 e. The van der Waals surface area contributed by atoms with E-state index in [4.69, 9.17) is 4.42 Å². The van der Waals surface area contributed by atoms with Crippen molar-refractivity contribution in [2.75, 3.05) is 6.54 Å². The first-order valence-corrected chi connectivity index (χ1v) is 5.18. The molecule has 17 heavy (non-hydrogen) atoms. The third-order valence-electron chi connectivity index (χ3n) is 2.02. The van der Waals surface area contributed by atoms with Crippen molar-refractivity contribution in [3.8, 4) is 0 Å². The predicted molar refractivity (Wildman–Crippen MR) is 60.8 cm³/mol. The van der Waals surface area contributed by atoms with Crippen molar-refractivity contribution < 1.29 is 9.21 Å². The Kier molecular flexibility index (Phi) is 3.69. The lowest BCUT2D eigenvalue weighted by molar-refractivity contribution is -0.116. The highest BCUT2D eigenvalue weighted by molar-refractivity contribution is 5.91. The summed E-state index contributed by atoms with van der Waals surface area (Å²) < 4.78 is 5.06. The maximum Gasteiger partial charge on any atom is 0.244 e. The number of hydrogen-bond donors (Lipinski definition) is 1. The first kappa shape index (κ1) is 11.1. The van der Waals surface area contributed by atoms with Crippen LogP contribution in [-0.4, -0.2) is 27.4 Å². The Morgan fingerprint density at radius 3 is 3.00 bits per heavy atom. The van der Waals surface area contributed by atoms with Gasteiger partial charge in [-0.25, -0.2) is 0 Å². The van der Waals surface area contributed by atoms with E-state index in [-0.39, 0.29) is 5.91 Å². The van der Waals surface area contributed by atoms with Crippen LogP contribution in [0, 0.1) is 0 Å². The molecule has 88 valence electrons. The number of carbonyl (C=O) groups excluding carboxylic acids is 1. The minimum Gasteiger partial charge on any atom is -0.465 e. The monoisotopic (exact) mass is 232 g/mol. The standard InChI is InChI=1S/C11H12N4O2/c16-11(4-3-10-2-1-9-17-10)12-7-8-15-13-5-6-14-15/h1-6,9H,7-8H2,(H,12,16)/b4-3+. The summed E-state index contributed by atoms with van der Waals surface area (Å²) in [5, 5.41) is 10.6. The molecule has 6 nitrogen and oxygen atoms in total. The van der Waals surface area contributed by atoms with Gasteiger partial charge < -0.3 is 9.73 Å². The second kappa shape index (κ2) is 5.64. The number of carbonyl (C=O) groups is 1. The van der Waals surface area contributed by atoms with Gasteiger partial charge in [-0.3, -0.25) is 4.79 Å². The maximum absolute atomic E-state index is 11.4. The van der Waals surface area contributed by atoms with E-state index in [1.807, 2.05) is 0 Å². The van der Waals surface area contributed by atoms with Crippen molar-refractivity contribution in [3.63, 3.8) is 0 Å². The lowest BCUT2D eigenvalue weighted by Gasteiger charge is -2.00. The van der Waals surface area contributed by atoms with E-state index in [0.717, 1.165) is 0 Å². The molecule has 0 saturated heterocycles. The molecule has 1 amide bonds. The Morgan fingerprint density at radius 2 is 2.29 bits per heavy atom. The van der Waals surface area contributed by atoms with Gasteiger partial charge in [-0.1, -0.05) is 0 Å². The predicted octanol–water partition coefficient (Wildman–Crippen LogP) is 0.701. The van der Waals surface area contributed by atoms with Crippen molar-refractivity contribution >= 4 is 12.0 Å². The molecule has 0 bridgehead atoms. The van der Waals surface area contributed by atoms with E-state index in [1.165, 1.54) is 10.9 Å². The van der Waals surface area contributed by atoms with Crippen LogP contribution in [0.1, 0.15) is 5.76 Å². The van der Waals surface area contributed by atoms with Gasteiger partial charge in [0.15, 0.2) is 0 Å². The van der Waals surface area contributed by atoms with E-state index < -0.39 is 0 Å². The first-order chi connectivity index (χ1) is 8.34. The topological polar surface area (TPSA) is 73.0 Å². The molecule has 2 aromatic heterocycles. The van der Waals surface area contributed by atoms with Crippen LogP contribution in [0.25, 0.3) is 6.08 Å². The van der Waals surface area contributed by atoms with Crippen LogP contribution in [0.3, 0.4) is 0 Å². The van der Waals surface area contributed by atoms with E-state index in [9.17, 15) is 4.79 Å². The summed E-state index contributed by atoms with van der Waals surface area (Å²) in [5.41, 5.74) is 0. The minimum atomic E-state index is -0.173. The van der Waals surface area contributed by atoms with Crippen molar-refractivity contribution in [1.82, 2.24) is 20.3 Å². The number of furan rings is 1. The minimum absolute atomic E-state index is 0.173. The number of aromatic nitrogens is 3. The van der Waals surface area contributed by atoms with Gasteiger partial charge in [-0.15, -0.1) is 0 Å². The third-order valence-corrected chi connectivity index (χ3v) is 2.02. The summed E-state index contributed by atoms with van der Waals surface area (Å²) in [7, 11) is 0. The molecule has 0 fully saturated rings. The Hall–Kier alpha value is -2.37. The fourth-order valence-electron chi connectivity index (χ4n) is 1.24. The molecule has 0 aliphatic carbocycles. The highest BCUT2D eigenvalue weighted by Crippen LogP contribution is 2.01. The number of nitrogens with zero attached hydrogens (tertiary/aromatic N) is 3. The zero-order valence-electron chi connectivity index (χ0n) is 9.11. The SMILES string of the molecule is O=C(/C=C/c1ccco1)NCCn1nccn1. The van der Waals surface area contributed by atoms with E-state index in [2.05, 4.69) is 15.5 Å². The summed E-state index contributed by atoms with van der Waals surface area (Å²) in [6, 6.07) is 3.54. The Morgan fingerprint density at radius 1 is 1.47 bits per heavy atom. The quantitative estimate of drug-likeness (QED) is 0.770. The van der Waals surface area contributed by atoms with E-state index in [0.29, 0.717) is 18.8 Å². The second-order valence-electron chi connectivity index (χ2n) is 3.26. The fraction of sp³-hybridized carbons (Fsp3) is 0.182. The molecule has 6 heteroatoms. The summed E-state index contributed by atoms with van der Waals surface area (Å²) in [6.07, 6.45) is 7.79. The molecule has 0 atom stereocenters. The van der Waals surface area contributed by atoms with Crippen LogP contribution in [0.15, 0.2) is 41.3 Å². The summed E-state index contributed by atoms with van der Waals surface area (Å²) in [5.74, 6) is 0.474. The van der Waals surface area contributed by atoms with Crippen LogP contribution in [0.2, 0.25) is 0 Å². The molecule has 0 aliphatic rings. The summed E-state index contributed by atoms with van der Waals surface area (Å²) in [4.78, 5) is 12.9. The first-order valence-electron chi connectivity index (χ1n) is 5.18. The van der Waals surface area contributed by atoms with Gasteiger partial charge in [0, 0.05) is 12.6 Å². The third kappa shape index (κ3) is 3.60. The van der Waals surface area contributed by atoms with Gasteiger partial charge in [-0.05, 0) is 18.2 Å². The number of hydrogen-bond acceptors (Lipinski definition) is 4. The highest BCUT2D eigenvalue weighted by atomic mass is 16.3. The Bertz CT molecular complexity index is 474. The highest BCUT2D eigenvalue weighted by Gasteiger charge is 1.96. The van der Waals surface area contributed by atoms with Crippen molar-refractivity contribution in [3.05, 3.63) is 42.6 Å². The fourth-order valence-corrected chi connectivity index (χ4v) is 1.24. The Balaban J connectivity index is 1.71. The molecule has 2 aromatic rings. The van der Waals surface area contributed by atoms with Gasteiger partial charge in [-0.2, -0.15) is 15.0 Å². The van der Waals surface area contributed by atoms with Crippen LogP contribution in [0.4, 0.5) is 0 Å². The van der Waals surface area contributed by atoms with E-state index >= 15 is 0 Å². The zero-order chi connectivity index (χ0) is 11.9. The van der Waals surface area contributed by atoms with E-state index in [1.54, 1.807) is 36.9 Å². The van der Waals surface area contributed by atoms with Crippen LogP contribution in [-0.2, 0) is 11.3 Å². The molecule has 2 heterocycles. The molecule has 2 rings (SSSR count). The molecular formula is C11H12N4O2. The zero-order valence-corrected chi connectivity index (χ0v) is 9.11. The molecule has 0 aliphatic heterocycles. The Labute approximate surface area is 97.9 Å². The molecule has 0 unspecified atom stereocenters. The van der Waals surface area contributed by atoms with Gasteiger partial charge in [0.25, 0.3) is 0 Å². The largest absolute Gasteiger partial charge is 0.465 e. The maximum atomic E-state index is 11.4. The van der Waals surface area contributed by atoms with Gasteiger partial charge >= 0.3 is 0 Å². The molecule has 0 saturated carbocycles. The molecule has 0 aromatic carbocycles. The van der Waals surface area contributed by atoms with Crippen LogP contribution >= 0.6 is 0 Å². The second-order valence-corrected chi connectivity index (χ2v) is 3.26. The molecule has 0 spiro atoms. The van der Waals surface area contributed by atoms with Gasteiger partial charge in [0.1, 0.15) is 5.76 Å². The number of nitrogens with one attached hydrogen (secondary N) is 1. The van der Waals surface area contributed by atoms with Crippen molar-refractivity contribution in [2.24, 2.45) is 0 Å². The van der Waals surface area contributed by atoms with Gasteiger partial charge in [0.05, 0.1) is 25.2 Å². The summed E-state index contributed by atoms with van der Waals surface area (Å²) >= 11 is 0. The molecule has 0 radical (unpaired) electrons. The van der Waals surface area contributed by atoms with Crippen molar-refractivity contribution in [1.29, 1.82) is 0 Å². The average molecular weight is 232 g/mol. The van der Waals surface area contributed by atoms with Crippen molar-refractivity contribution in [2.45, 2.75) is 6.54 Å². The summed E-state index contributed by atoms with van der Waals surface area (Å²) in [6.45, 7) is 1.03. The average Bonchev–Trinajstić information content (AvgIpc) is 2.99. The molecule has 1 N–H and O–H groups in total. The van der Waals surface area contributed by atoms with Crippen LogP contribution < -0.4 is 5.32 Å². The normalized spacial score (nSPS) is 10.8. The van der Waals surface area contributed by atoms with Gasteiger partial charge in [0.2, 0.25) is 5.91 Å². The number of rotatable bonds is 5. The lowest BCUT2D eigenvalue weighted by Crippen LogP contribution is -2.26. The number of amides is 1. The molecular weight excluding hydrogens is 220 g/mol.